The highest BCUT2D eigenvalue weighted by atomic mass is 16.5. The molecular weight excluding hydrogens is 280 g/mol. The predicted octanol–water partition coefficient (Wildman–Crippen LogP) is 2.44. The van der Waals surface area contributed by atoms with Crippen molar-refractivity contribution in [3.63, 3.8) is 0 Å². The fourth-order valence-corrected chi connectivity index (χ4v) is 2.62. The Morgan fingerprint density at radius 2 is 2.05 bits per heavy atom. The average Bonchev–Trinajstić information content (AvgIpc) is 2.94. The van der Waals surface area contributed by atoms with E-state index in [-0.39, 0.29) is 12.0 Å². The molecule has 0 unspecified atom stereocenters. The summed E-state index contributed by atoms with van der Waals surface area (Å²) in [4.78, 5) is 16.6. The normalized spacial score (nSPS) is 17.0. The number of rotatable bonds is 3. The molecular formula is C16H18N4O2. The van der Waals surface area contributed by atoms with Crippen LogP contribution >= 0.6 is 0 Å². The third kappa shape index (κ3) is 2.36. The number of benzene rings is 1. The van der Waals surface area contributed by atoms with Crippen molar-refractivity contribution in [3.05, 3.63) is 53.0 Å². The highest BCUT2D eigenvalue weighted by Crippen LogP contribution is 2.35. The zero-order valence-electron chi connectivity index (χ0n) is 12.8. The van der Waals surface area contributed by atoms with E-state index in [0.29, 0.717) is 18.1 Å². The van der Waals surface area contributed by atoms with Gasteiger partial charge in [0.15, 0.2) is 0 Å². The summed E-state index contributed by atoms with van der Waals surface area (Å²) < 4.78 is 6.93. The van der Waals surface area contributed by atoms with Gasteiger partial charge in [-0.15, -0.1) is 0 Å². The van der Waals surface area contributed by atoms with Gasteiger partial charge in [0, 0.05) is 5.70 Å². The van der Waals surface area contributed by atoms with Crippen LogP contribution in [0.25, 0.3) is 0 Å². The molecule has 0 amide bonds. The van der Waals surface area contributed by atoms with Gasteiger partial charge >= 0.3 is 5.97 Å². The molecule has 1 aliphatic heterocycles. The van der Waals surface area contributed by atoms with Crippen molar-refractivity contribution in [1.29, 1.82) is 0 Å². The van der Waals surface area contributed by atoms with Crippen LogP contribution in [-0.4, -0.2) is 27.3 Å². The number of nitrogens with one attached hydrogen (secondary N) is 1. The number of aryl methyl sites for hydroxylation is 1. The molecule has 22 heavy (non-hydrogen) atoms. The molecule has 1 atom stereocenters. The van der Waals surface area contributed by atoms with Gasteiger partial charge in [0.2, 0.25) is 5.95 Å². The average molecular weight is 298 g/mol. The van der Waals surface area contributed by atoms with Crippen LogP contribution in [0.3, 0.4) is 0 Å². The molecule has 0 bridgehead atoms. The summed E-state index contributed by atoms with van der Waals surface area (Å²) in [6.07, 6.45) is 1.48. The molecule has 2 heterocycles. The predicted molar refractivity (Wildman–Crippen MR) is 82.3 cm³/mol. The summed E-state index contributed by atoms with van der Waals surface area (Å²) in [6.45, 7) is 6.01. The van der Waals surface area contributed by atoms with Gasteiger partial charge in [-0.3, -0.25) is 0 Å². The number of nitrogens with zero attached hydrogens (tertiary/aromatic N) is 3. The molecule has 6 nitrogen and oxygen atoms in total. The molecule has 1 N–H and O–H groups in total. The molecule has 1 aromatic heterocycles. The maximum absolute atomic E-state index is 12.4. The molecule has 3 rings (SSSR count). The topological polar surface area (TPSA) is 69.0 Å². The van der Waals surface area contributed by atoms with Gasteiger partial charge in [-0.05, 0) is 26.3 Å². The number of fused-ring (bicyclic) bond motifs is 1. The summed E-state index contributed by atoms with van der Waals surface area (Å²) in [7, 11) is 0. The van der Waals surface area contributed by atoms with E-state index < -0.39 is 0 Å². The Bertz CT molecular complexity index is 731. The fourth-order valence-electron chi connectivity index (χ4n) is 2.62. The molecule has 0 saturated heterocycles. The fraction of sp³-hybridized carbons (Fsp3) is 0.312. The van der Waals surface area contributed by atoms with Gasteiger partial charge in [-0.2, -0.15) is 10.1 Å². The molecule has 1 aromatic carbocycles. The SMILES string of the molecule is CCOC(=O)C1=C(C)Nc2ncnn2[C@H]1c1ccc(C)cc1. The summed E-state index contributed by atoms with van der Waals surface area (Å²) >= 11 is 0. The van der Waals surface area contributed by atoms with Crippen LogP contribution in [-0.2, 0) is 9.53 Å². The van der Waals surface area contributed by atoms with E-state index in [4.69, 9.17) is 4.74 Å². The van der Waals surface area contributed by atoms with Crippen molar-refractivity contribution in [2.75, 3.05) is 11.9 Å². The van der Waals surface area contributed by atoms with Crippen LogP contribution in [0, 0.1) is 6.92 Å². The first-order valence-electron chi connectivity index (χ1n) is 7.22. The van der Waals surface area contributed by atoms with Crippen LogP contribution in [0.2, 0.25) is 0 Å². The Labute approximate surface area is 128 Å². The number of aromatic nitrogens is 3. The number of carbonyl (C=O) groups excluding carboxylic acids is 1. The Morgan fingerprint density at radius 3 is 2.73 bits per heavy atom. The molecule has 114 valence electrons. The summed E-state index contributed by atoms with van der Waals surface area (Å²) in [5.74, 6) is 0.287. The maximum atomic E-state index is 12.4. The first-order valence-corrected chi connectivity index (χ1v) is 7.22. The monoisotopic (exact) mass is 298 g/mol. The van der Waals surface area contributed by atoms with Crippen molar-refractivity contribution >= 4 is 11.9 Å². The molecule has 0 saturated carbocycles. The van der Waals surface area contributed by atoms with Crippen LogP contribution in [0.4, 0.5) is 5.95 Å². The van der Waals surface area contributed by atoms with E-state index in [0.717, 1.165) is 16.8 Å². The molecule has 0 aliphatic carbocycles. The Kier molecular flexibility index (Phi) is 3.66. The van der Waals surface area contributed by atoms with Crippen LogP contribution in [0.5, 0.6) is 0 Å². The van der Waals surface area contributed by atoms with Gasteiger partial charge in [0.05, 0.1) is 12.2 Å². The number of hydrogen-bond donors (Lipinski definition) is 1. The van der Waals surface area contributed by atoms with Crippen molar-refractivity contribution in [1.82, 2.24) is 14.8 Å². The highest BCUT2D eigenvalue weighted by molar-refractivity contribution is 5.92. The van der Waals surface area contributed by atoms with Gasteiger partial charge in [0.1, 0.15) is 12.4 Å². The second-order valence-corrected chi connectivity index (χ2v) is 5.23. The highest BCUT2D eigenvalue weighted by Gasteiger charge is 2.34. The maximum Gasteiger partial charge on any atom is 0.338 e. The summed E-state index contributed by atoms with van der Waals surface area (Å²) in [5, 5.41) is 7.37. The summed E-state index contributed by atoms with van der Waals surface area (Å²) in [5.41, 5.74) is 3.43. The number of ether oxygens (including phenoxy) is 1. The number of anilines is 1. The second kappa shape index (κ2) is 5.63. The lowest BCUT2D eigenvalue weighted by Gasteiger charge is -2.28. The van der Waals surface area contributed by atoms with Gasteiger partial charge in [-0.25, -0.2) is 9.48 Å². The van der Waals surface area contributed by atoms with Gasteiger partial charge in [-0.1, -0.05) is 29.8 Å². The smallest absolute Gasteiger partial charge is 0.338 e. The number of esters is 1. The minimum atomic E-state index is -0.335. The minimum absolute atomic E-state index is 0.334. The Hall–Kier alpha value is -2.63. The van der Waals surface area contributed by atoms with Crippen molar-refractivity contribution < 1.29 is 9.53 Å². The van der Waals surface area contributed by atoms with E-state index in [2.05, 4.69) is 15.4 Å². The molecule has 0 fully saturated rings. The largest absolute Gasteiger partial charge is 0.463 e. The minimum Gasteiger partial charge on any atom is -0.463 e. The van der Waals surface area contributed by atoms with Gasteiger partial charge in [0.25, 0.3) is 0 Å². The van der Waals surface area contributed by atoms with Crippen LogP contribution < -0.4 is 5.32 Å². The molecule has 2 aromatic rings. The molecule has 6 heteroatoms. The van der Waals surface area contributed by atoms with Gasteiger partial charge < -0.3 is 10.1 Å². The first-order chi connectivity index (χ1) is 10.6. The zero-order valence-corrected chi connectivity index (χ0v) is 12.8. The van der Waals surface area contributed by atoms with E-state index in [1.807, 2.05) is 38.1 Å². The lowest BCUT2D eigenvalue weighted by Crippen LogP contribution is -2.29. The summed E-state index contributed by atoms with van der Waals surface area (Å²) in [6, 6.07) is 7.71. The van der Waals surface area contributed by atoms with Crippen molar-refractivity contribution in [3.8, 4) is 0 Å². The van der Waals surface area contributed by atoms with E-state index >= 15 is 0 Å². The molecule has 0 spiro atoms. The lowest BCUT2D eigenvalue weighted by molar-refractivity contribution is -0.139. The molecule has 0 radical (unpaired) electrons. The standard InChI is InChI=1S/C16H18N4O2/c1-4-22-15(21)13-11(3)19-16-17-9-18-20(16)14(13)12-7-5-10(2)6-8-12/h5-9,14H,4H2,1-3H3,(H,17,18,19)/t14-/m0/s1. The van der Waals surface area contributed by atoms with Crippen LogP contribution in [0.15, 0.2) is 41.9 Å². The third-order valence-electron chi connectivity index (χ3n) is 3.68. The lowest BCUT2D eigenvalue weighted by atomic mass is 9.95. The first kappa shape index (κ1) is 14.3. The molecule has 1 aliphatic rings. The Balaban J connectivity index is 2.13. The second-order valence-electron chi connectivity index (χ2n) is 5.23. The van der Waals surface area contributed by atoms with E-state index in [1.54, 1.807) is 11.6 Å². The number of allylic oxidation sites excluding steroid dienone is 1. The zero-order chi connectivity index (χ0) is 15.7. The number of hydrogen-bond acceptors (Lipinski definition) is 5. The third-order valence-corrected chi connectivity index (χ3v) is 3.68. The van der Waals surface area contributed by atoms with Crippen LogP contribution in [0.1, 0.15) is 31.0 Å². The number of carbonyl (C=O) groups is 1. The van der Waals surface area contributed by atoms with Crippen molar-refractivity contribution in [2.45, 2.75) is 26.8 Å². The van der Waals surface area contributed by atoms with E-state index in [1.165, 1.54) is 6.33 Å². The Morgan fingerprint density at radius 1 is 1.32 bits per heavy atom. The van der Waals surface area contributed by atoms with E-state index in [9.17, 15) is 4.79 Å². The quantitative estimate of drug-likeness (QED) is 0.881. The van der Waals surface area contributed by atoms with Crippen molar-refractivity contribution in [2.24, 2.45) is 0 Å².